The van der Waals surface area contributed by atoms with Crippen LogP contribution in [0.3, 0.4) is 0 Å². The highest BCUT2D eigenvalue weighted by Gasteiger charge is 2.43. The molecule has 0 N–H and O–H groups in total. The van der Waals surface area contributed by atoms with E-state index in [0.29, 0.717) is 17.9 Å². The molecular weight excluding hydrogens is 381 g/mol. The van der Waals surface area contributed by atoms with Crippen molar-refractivity contribution >= 4 is 11.6 Å². The zero-order valence-electron chi connectivity index (χ0n) is 15.9. The van der Waals surface area contributed by atoms with Gasteiger partial charge in [-0.15, -0.1) is 0 Å². The highest BCUT2D eigenvalue weighted by atomic mass is 35.5. The van der Waals surface area contributed by atoms with Crippen molar-refractivity contribution in [2.24, 2.45) is 11.8 Å². The monoisotopic (exact) mass is 404 g/mol. The molecular formula is C24H24ClF3. The van der Waals surface area contributed by atoms with Gasteiger partial charge in [0.15, 0.2) is 0 Å². The molecule has 4 rings (SSSR count). The molecule has 0 saturated heterocycles. The van der Waals surface area contributed by atoms with Gasteiger partial charge in [-0.25, -0.2) is 13.2 Å². The smallest absolute Gasteiger partial charge is 0.142 e. The molecule has 4 unspecified atom stereocenters. The number of hydrogen-bond acceptors (Lipinski definition) is 0. The first-order chi connectivity index (χ1) is 13.5. The Bertz CT molecular complexity index is 905. The quantitative estimate of drug-likeness (QED) is 0.463. The van der Waals surface area contributed by atoms with E-state index in [2.05, 4.69) is 19.1 Å². The van der Waals surface area contributed by atoms with Crippen molar-refractivity contribution in [3.8, 4) is 0 Å². The third-order valence-corrected chi connectivity index (χ3v) is 6.83. The standard InChI is InChI=1S/C24H24ClF3/c1-2-3-4-14-5-7-17-19(24(14)15-6-10-21(25)23(28)11-15)9-8-18-20(17)12-16(26)13-22(18)27/h3-4,6,10-14,17,19,24H,2,5,7-9H2,1H3. The Morgan fingerprint density at radius 2 is 1.86 bits per heavy atom. The van der Waals surface area contributed by atoms with Gasteiger partial charge in [-0.3, -0.25) is 0 Å². The Balaban J connectivity index is 1.78. The molecule has 148 valence electrons. The summed E-state index contributed by atoms with van der Waals surface area (Å²) in [5, 5.41) is 0.120. The number of fused-ring (bicyclic) bond motifs is 3. The van der Waals surface area contributed by atoms with Crippen LogP contribution in [0.5, 0.6) is 0 Å². The van der Waals surface area contributed by atoms with Gasteiger partial charge in [0.05, 0.1) is 5.02 Å². The zero-order valence-corrected chi connectivity index (χ0v) is 16.7. The minimum atomic E-state index is -0.515. The summed E-state index contributed by atoms with van der Waals surface area (Å²) in [7, 11) is 0. The number of hydrogen-bond donors (Lipinski definition) is 0. The van der Waals surface area contributed by atoms with Crippen LogP contribution in [-0.4, -0.2) is 0 Å². The molecule has 1 fully saturated rings. The predicted octanol–water partition coefficient (Wildman–Crippen LogP) is 7.56. The summed E-state index contributed by atoms with van der Waals surface area (Å²) in [5.74, 6) is -0.615. The van der Waals surface area contributed by atoms with Crippen molar-refractivity contribution in [1.29, 1.82) is 0 Å². The average Bonchev–Trinajstić information content (AvgIpc) is 2.67. The van der Waals surface area contributed by atoms with Crippen molar-refractivity contribution < 1.29 is 13.2 Å². The molecule has 2 aliphatic rings. The largest absolute Gasteiger partial charge is 0.207 e. The van der Waals surface area contributed by atoms with Crippen LogP contribution in [0.25, 0.3) is 0 Å². The Morgan fingerprint density at radius 3 is 2.61 bits per heavy atom. The van der Waals surface area contributed by atoms with Crippen LogP contribution in [0.2, 0.25) is 5.02 Å². The lowest BCUT2D eigenvalue weighted by atomic mass is 9.58. The molecule has 0 nitrogen and oxygen atoms in total. The fourth-order valence-electron chi connectivity index (χ4n) is 5.37. The van der Waals surface area contributed by atoms with Gasteiger partial charge in [0.25, 0.3) is 0 Å². The van der Waals surface area contributed by atoms with Crippen LogP contribution in [0, 0.1) is 29.3 Å². The van der Waals surface area contributed by atoms with E-state index in [1.165, 1.54) is 6.07 Å². The van der Waals surface area contributed by atoms with Crippen molar-refractivity contribution in [2.45, 2.75) is 50.9 Å². The molecule has 0 bridgehead atoms. The maximum atomic E-state index is 14.3. The molecule has 0 spiro atoms. The Labute approximate surface area is 169 Å². The van der Waals surface area contributed by atoms with Crippen LogP contribution >= 0.6 is 11.6 Å². The molecule has 4 atom stereocenters. The second kappa shape index (κ2) is 7.94. The van der Waals surface area contributed by atoms with Gasteiger partial charge in [0.2, 0.25) is 0 Å². The van der Waals surface area contributed by atoms with Crippen LogP contribution < -0.4 is 0 Å². The number of halogens is 4. The van der Waals surface area contributed by atoms with E-state index in [1.54, 1.807) is 12.1 Å². The van der Waals surface area contributed by atoms with Crippen LogP contribution in [0.4, 0.5) is 13.2 Å². The Hall–Kier alpha value is -1.74. The molecule has 0 amide bonds. The molecule has 0 aromatic heterocycles. The van der Waals surface area contributed by atoms with Crippen LogP contribution in [0.1, 0.15) is 61.1 Å². The minimum Gasteiger partial charge on any atom is -0.207 e. The summed E-state index contributed by atoms with van der Waals surface area (Å²) in [6.07, 6.45) is 8.60. The van der Waals surface area contributed by atoms with E-state index >= 15 is 0 Å². The van der Waals surface area contributed by atoms with Crippen molar-refractivity contribution in [2.75, 3.05) is 0 Å². The lowest BCUT2D eigenvalue weighted by Crippen LogP contribution is -2.35. The van der Waals surface area contributed by atoms with Gasteiger partial charge in [0, 0.05) is 6.07 Å². The second-order valence-corrected chi connectivity index (χ2v) is 8.45. The molecule has 1 saturated carbocycles. The predicted molar refractivity (Wildman–Crippen MR) is 107 cm³/mol. The van der Waals surface area contributed by atoms with Crippen molar-refractivity contribution in [3.05, 3.63) is 81.6 Å². The topological polar surface area (TPSA) is 0 Å². The molecule has 28 heavy (non-hydrogen) atoms. The number of benzene rings is 2. The first-order valence-electron chi connectivity index (χ1n) is 10.1. The lowest BCUT2D eigenvalue weighted by Gasteiger charge is -2.46. The van der Waals surface area contributed by atoms with E-state index in [4.69, 9.17) is 11.6 Å². The normalized spacial score (nSPS) is 26.9. The van der Waals surface area contributed by atoms with E-state index in [0.717, 1.165) is 42.9 Å². The van der Waals surface area contributed by atoms with E-state index in [9.17, 15) is 13.2 Å². The van der Waals surface area contributed by atoms with Gasteiger partial charge >= 0.3 is 0 Å². The number of rotatable bonds is 3. The van der Waals surface area contributed by atoms with E-state index < -0.39 is 17.5 Å². The van der Waals surface area contributed by atoms with Crippen LogP contribution in [0.15, 0.2) is 42.5 Å². The van der Waals surface area contributed by atoms with Gasteiger partial charge in [0.1, 0.15) is 17.5 Å². The Morgan fingerprint density at radius 1 is 1.04 bits per heavy atom. The van der Waals surface area contributed by atoms with Gasteiger partial charge in [-0.05, 0) is 90.7 Å². The van der Waals surface area contributed by atoms with Crippen molar-refractivity contribution in [1.82, 2.24) is 0 Å². The maximum absolute atomic E-state index is 14.3. The van der Waals surface area contributed by atoms with Crippen LogP contribution in [-0.2, 0) is 6.42 Å². The molecule has 4 heteroatoms. The summed E-state index contributed by atoms with van der Waals surface area (Å²) in [6, 6.07) is 7.57. The fraction of sp³-hybridized carbons (Fsp3) is 0.417. The first-order valence-corrected chi connectivity index (χ1v) is 10.5. The second-order valence-electron chi connectivity index (χ2n) is 8.04. The highest BCUT2D eigenvalue weighted by Crippen LogP contribution is 2.54. The SMILES string of the molecule is CCC=CC1CCC2c3cc(F)cc(F)c3CCC2C1c1ccc(Cl)c(F)c1. The van der Waals surface area contributed by atoms with Gasteiger partial charge in [-0.2, -0.15) is 0 Å². The van der Waals surface area contributed by atoms with Crippen molar-refractivity contribution in [3.63, 3.8) is 0 Å². The first kappa shape index (κ1) is 19.6. The summed E-state index contributed by atoms with van der Waals surface area (Å²) < 4.78 is 42.5. The third kappa shape index (κ3) is 3.50. The summed E-state index contributed by atoms with van der Waals surface area (Å²) in [6.45, 7) is 2.10. The zero-order chi connectivity index (χ0) is 19.8. The van der Waals surface area contributed by atoms with Gasteiger partial charge in [-0.1, -0.05) is 36.7 Å². The highest BCUT2D eigenvalue weighted by molar-refractivity contribution is 6.30. The lowest BCUT2D eigenvalue weighted by molar-refractivity contribution is 0.193. The van der Waals surface area contributed by atoms with Gasteiger partial charge < -0.3 is 0 Å². The molecule has 2 aromatic carbocycles. The van der Waals surface area contributed by atoms with E-state index in [1.807, 2.05) is 6.07 Å². The summed E-state index contributed by atoms with van der Waals surface area (Å²) in [5.41, 5.74) is 2.40. The Kier molecular flexibility index (Phi) is 5.55. The summed E-state index contributed by atoms with van der Waals surface area (Å²) in [4.78, 5) is 0. The molecule has 0 heterocycles. The minimum absolute atomic E-state index is 0.101. The summed E-state index contributed by atoms with van der Waals surface area (Å²) >= 11 is 5.91. The molecule has 2 aliphatic carbocycles. The molecule has 0 radical (unpaired) electrons. The fourth-order valence-corrected chi connectivity index (χ4v) is 5.49. The molecule has 0 aliphatic heterocycles. The third-order valence-electron chi connectivity index (χ3n) is 6.52. The molecule has 2 aromatic rings. The maximum Gasteiger partial charge on any atom is 0.142 e. The number of allylic oxidation sites excluding steroid dienone is 2. The van der Waals surface area contributed by atoms with E-state index in [-0.39, 0.29) is 22.8 Å². The average molecular weight is 405 g/mol.